The number of pyridine rings is 1. The molecule has 0 bridgehead atoms. The maximum atomic E-state index is 12.8. The smallest absolute Gasteiger partial charge is 0.475 e. The van der Waals surface area contributed by atoms with E-state index >= 15 is 0 Å². The summed E-state index contributed by atoms with van der Waals surface area (Å²) in [7, 11) is 0. The van der Waals surface area contributed by atoms with Crippen molar-refractivity contribution in [1.29, 1.82) is 0 Å². The van der Waals surface area contributed by atoms with E-state index in [-0.39, 0.29) is 16.8 Å². The molecule has 4 rings (SSSR count). The number of rotatable bonds is 5. The van der Waals surface area contributed by atoms with E-state index in [4.69, 9.17) is 24.5 Å². The highest BCUT2D eigenvalue weighted by atomic mass is 32.2. The first-order valence-corrected chi connectivity index (χ1v) is 13.3. The molecular formula is C24H31F6N3O6S. The van der Waals surface area contributed by atoms with Crippen molar-refractivity contribution in [3.8, 4) is 0 Å². The molecule has 1 unspecified atom stereocenters. The fourth-order valence-electron chi connectivity index (χ4n) is 4.38. The Balaban J connectivity index is 0.000000333. The number of hydrogen-bond acceptors (Lipinski definition) is 7. The van der Waals surface area contributed by atoms with Crippen LogP contribution in [-0.4, -0.2) is 105 Å². The zero-order valence-corrected chi connectivity index (χ0v) is 22.4. The summed E-state index contributed by atoms with van der Waals surface area (Å²) in [4.78, 5) is 39.4. The molecule has 2 N–H and O–H groups in total. The molecule has 3 aliphatic rings. The van der Waals surface area contributed by atoms with Crippen LogP contribution < -0.4 is 0 Å². The van der Waals surface area contributed by atoms with Gasteiger partial charge in [-0.05, 0) is 51.0 Å². The predicted octanol–water partition coefficient (Wildman–Crippen LogP) is 3.68. The van der Waals surface area contributed by atoms with Crippen LogP contribution in [-0.2, 0) is 25.7 Å². The summed E-state index contributed by atoms with van der Waals surface area (Å²) < 4.78 is 69.8. The third-order valence-electron chi connectivity index (χ3n) is 6.51. The Morgan fingerprint density at radius 3 is 2.05 bits per heavy atom. The van der Waals surface area contributed by atoms with Gasteiger partial charge in [-0.1, -0.05) is 13.0 Å². The number of carbonyl (C=O) groups excluding carboxylic acids is 1. The maximum absolute atomic E-state index is 12.8. The number of carboxylic acid groups (broad SMARTS) is 2. The lowest BCUT2D eigenvalue weighted by Crippen LogP contribution is -2.62. The number of aliphatic carboxylic acids is 2. The number of aromatic nitrogens is 1. The number of likely N-dealkylation sites (tertiary alicyclic amines) is 2. The second-order valence-corrected chi connectivity index (χ2v) is 10.9. The number of nitrogens with zero attached hydrogens (tertiary/aromatic N) is 3. The average Bonchev–Trinajstić information content (AvgIpc) is 3.31. The Hall–Kier alpha value is -2.59. The summed E-state index contributed by atoms with van der Waals surface area (Å²) in [6, 6.07) is 5.93. The molecule has 9 nitrogen and oxygen atoms in total. The van der Waals surface area contributed by atoms with E-state index in [1.165, 1.54) is 0 Å². The Bertz CT molecular complexity index is 960. The first-order chi connectivity index (χ1) is 18.6. The Kier molecular flexibility index (Phi) is 12.1. The van der Waals surface area contributed by atoms with Gasteiger partial charge in [-0.25, -0.2) is 9.59 Å². The third kappa shape index (κ3) is 10.4. The Morgan fingerprint density at radius 1 is 1.05 bits per heavy atom. The lowest BCUT2D eigenvalue weighted by Gasteiger charge is -2.49. The Labute approximate surface area is 230 Å². The summed E-state index contributed by atoms with van der Waals surface area (Å²) >= 11 is 2.00. The SMILES string of the molecule is CCN1CCC(C(=O)N2CC3(CC(OCc4ccccn4)CS3)C2)CC1.O=C(O)C(F)(F)F.O=C(O)C(F)(F)F. The van der Waals surface area contributed by atoms with E-state index < -0.39 is 24.3 Å². The predicted molar refractivity (Wildman–Crippen MR) is 131 cm³/mol. The number of thioether (sulfide) groups is 1. The number of carbonyl (C=O) groups is 3. The van der Waals surface area contributed by atoms with Gasteiger partial charge >= 0.3 is 24.3 Å². The average molecular weight is 604 g/mol. The molecule has 40 heavy (non-hydrogen) atoms. The van der Waals surface area contributed by atoms with Crippen LogP contribution >= 0.6 is 11.8 Å². The summed E-state index contributed by atoms with van der Waals surface area (Å²) in [5.74, 6) is -3.84. The number of alkyl halides is 6. The zero-order chi connectivity index (χ0) is 30.1. The molecule has 4 heterocycles. The first-order valence-electron chi connectivity index (χ1n) is 12.3. The van der Waals surface area contributed by atoms with E-state index in [0.717, 1.165) is 63.4 Å². The van der Waals surface area contributed by atoms with E-state index in [1.807, 2.05) is 36.2 Å². The standard InChI is InChI=1S/C20H29N3O2S.2C2HF3O2/c1-2-22-9-6-16(7-10-22)19(24)23-14-20(15-23)11-18(13-26-20)25-12-17-5-3-4-8-21-17;2*3-2(4,5)1(6)7/h3-5,8,16,18H,2,6-7,9-15H2,1H3;2*(H,6,7). The minimum atomic E-state index is -5.08. The fraction of sp³-hybridized carbons (Fsp3) is 0.667. The molecule has 1 spiro atoms. The number of halogens is 6. The second-order valence-electron chi connectivity index (χ2n) is 9.46. The van der Waals surface area contributed by atoms with Crippen molar-refractivity contribution in [3.05, 3.63) is 30.1 Å². The van der Waals surface area contributed by atoms with Crippen molar-refractivity contribution in [2.75, 3.05) is 38.5 Å². The van der Waals surface area contributed by atoms with Crippen molar-refractivity contribution >= 4 is 29.6 Å². The van der Waals surface area contributed by atoms with Crippen molar-refractivity contribution in [1.82, 2.24) is 14.8 Å². The highest BCUT2D eigenvalue weighted by Crippen LogP contribution is 2.46. The molecule has 1 aromatic rings. The molecule has 1 atom stereocenters. The minimum absolute atomic E-state index is 0.245. The van der Waals surface area contributed by atoms with Crippen LogP contribution in [0.1, 0.15) is 31.9 Å². The molecule has 3 saturated heterocycles. The monoisotopic (exact) mass is 603 g/mol. The molecule has 1 amide bonds. The number of piperidine rings is 1. The lowest BCUT2D eigenvalue weighted by atomic mass is 9.88. The second kappa shape index (κ2) is 14.3. The van der Waals surface area contributed by atoms with Gasteiger partial charge in [0.25, 0.3) is 0 Å². The molecule has 0 aliphatic carbocycles. The molecule has 0 aromatic carbocycles. The zero-order valence-electron chi connectivity index (χ0n) is 21.6. The highest BCUT2D eigenvalue weighted by molar-refractivity contribution is 8.01. The van der Waals surface area contributed by atoms with Crippen molar-refractivity contribution < 1.29 is 55.7 Å². The van der Waals surface area contributed by atoms with E-state index in [2.05, 4.69) is 21.7 Å². The van der Waals surface area contributed by atoms with Gasteiger partial charge in [-0.3, -0.25) is 9.78 Å². The normalized spacial score (nSPS) is 21.0. The van der Waals surface area contributed by atoms with Gasteiger partial charge in [-0.15, -0.1) is 11.8 Å². The van der Waals surface area contributed by atoms with Gasteiger partial charge in [-0.2, -0.15) is 26.3 Å². The Morgan fingerprint density at radius 2 is 1.60 bits per heavy atom. The van der Waals surface area contributed by atoms with Crippen LogP contribution in [0.15, 0.2) is 24.4 Å². The van der Waals surface area contributed by atoms with Crippen LogP contribution in [0, 0.1) is 5.92 Å². The van der Waals surface area contributed by atoms with Gasteiger partial charge in [0.05, 0.1) is 23.2 Å². The first kappa shape index (κ1) is 33.6. The topological polar surface area (TPSA) is 120 Å². The summed E-state index contributed by atoms with van der Waals surface area (Å²) in [5.41, 5.74) is 0.988. The molecular weight excluding hydrogens is 572 g/mol. The van der Waals surface area contributed by atoms with Crippen LogP contribution in [0.5, 0.6) is 0 Å². The summed E-state index contributed by atoms with van der Waals surface area (Å²) in [6.45, 7) is 7.85. The van der Waals surface area contributed by atoms with Gasteiger partial charge < -0.3 is 24.7 Å². The molecule has 3 fully saturated rings. The van der Waals surface area contributed by atoms with E-state index in [9.17, 15) is 31.1 Å². The van der Waals surface area contributed by atoms with Crippen LogP contribution in [0.3, 0.4) is 0 Å². The molecule has 1 aromatic heterocycles. The van der Waals surface area contributed by atoms with Gasteiger partial charge in [0, 0.05) is 31.0 Å². The largest absolute Gasteiger partial charge is 0.490 e. The number of ether oxygens (including phenoxy) is 1. The molecule has 3 aliphatic heterocycles. The van der Waals surface area contributed by atoms with Crippen molar-refractivity contribution in [2.45, 2.75) is 56.0 Å². The molecule has 0 saturated carbocycles. The van der Waals surface area contributed by atoms with Crippen molar-refractivity contribution in [3.63, 3.8) is 0 Å². The van der Waals surface area contributed by atoms with Gasteiger partial charge in [0.2, 0.25) is 5.91 Å². The van der Waals surface area contributed by atoms with E-state index in [0.29, 0.717) is 12.5 Å². The van der Waals surface area contributed by atoms with Crippen LogP contribution in [0.2, 0.25) is 0 Å². The molecule has 16 heteroatoms. The van der Waals surface area contributed by atoms with Crippen LogP contribution in [0.4, 0.5) is 26.3 Å². The third-order valence-corrected chi connectivity index (χ3v) is 8.08. The van der Waals surface area contributed by atoms with Gasteiger partial charge in [0.15, 0.2) is 0 Å². The summed E-state index contributed by atoms with van der Waals surface area (Å²) in [6.07, 6.45) is -4.96. The molecule has 0 radical (unpaired) electrons. The lowest BCUT2D eigenvalue weighted by molar-refractivity contribution is -0.193. The minimum Gasteiger partial charge on any atom is -0.475 e. The quantitative estimate of drug-likeness (QED) is 0.486. The van der Waals surface area contributed by atoms with E-state index in [1.54, 1.807) is 0 Å². The maximum Gasteiger partial charge on any atom is 0.490 e. The molecule has 226 valence electrons. The number of carboxylic acids is 2. The number of hydrogen-bond donors (Lipinski definition) is 2. The van der Waals surface area contributed by atoms with Gasteiger partial charge in [0.1, 0.15) is 0 Å². The fourth-order valence-corrected chi connectivity index (χ4v) is 5.93. The summed E-state index contributed by atoms with van der Waals surface area (Å²) in [5, 5.41) is 14.2. The number of amides is 1. The van der Waals surface area contributed by atoms with Crippen LogP contribution in [0.25, 0.3) is 0 Å². The highest BCUT2D eigenvalue weighted by Gasteiger charge is 2.51. The van der Waals surface area contributed by atoms with Crippen molar-refractivity contribution in [2.24, 2.45) is 5.92 Å².